The Labute approximate surface area is 137 Å². The maximum absolute atomic E-state index is 13.5. The van der Waals surface area contributed by atoms with Gasteiger partial charge in [-0.15, -0.1) is 0 Å². The number of nitrogens with zero attached hydrogens (tertiary/aromatic N) is 4. The number of hydrogen-bond acceptors (Lipinski definition) is 4. The number of rotatable bonds is 2. The highest BCUT2D eigenvalue weighted by Gasteiger charge is 2.21. The Morgan fingerprint density at radius 3 is 2.71 bits per heavy atom. The van der Waals surface area contributed by atoms with Gasteiger partial charge in [0.25, 0.3) is 0 Å². The first-order chi connectivity index (χ1) is 11.6. The van der Waals surface area contributed by atoms with E-state index in [1.165, 1.54) is 12.1 Å². The van der Waals surface area contributed by atoms with Crippen LogP contribution in [0.25, 0.3) is 33.4 Å². The second kappa shape index (κ2) is 5.26. The summed E-state index contributed by atoms with van der Waals surface area (Å²) in [6.07, 6.45) is 3.44. The molecule has 0 saturated carbocycles. The van der Waals surface area contributed by atoms with Gasteiger partial charge in [0.15, 0.2) is 0 Å². The third-order valence-corrected chi connectivity index (χ3v) is 4.17. The molecule has 5 nitrogen and oxygen atoms in total. The van der Waals surface area contributed by atoms with Crippen molar-refractivity contribution >= 4 is 10.9 Å². The van der Waals surface area contributed by atoms with Crippen LogP contribution in [-0.2, 0) is 7.05 Å². The van der Waals surface area contributed by atoms with Gasteiger partial charge in [-0.2, -0.15) is 0 Å². The summed E-state index contributed by atoms with van der Waals surface area (Å²) >= 11 is 0. The molecule has 0 aliphatic heterocycles. The van der Waals surface area contributed by atoms with E-state index in [9.17, 15) is 4.39 Å². The van der Waals surface area contributed by atoms with Crippen LogP contribution >= 0.6 is 0 Å². The number of benzene rings is 1. The molecular formula is C18H15FN4O. The Bertz CT molecular complexity index is 1040. The minimum Gasteiger partial charge on any atom is -0.361 e. The molecule has 0 atom stereocenters. The van der Waals surface area contributed by atoms with Crippen molar-refractivity contribution in [3.8, 4) is 22.5 Å². The minimum atomic E-state index is -0.303. The van der Waals surface area contributed by atoms with E-state index in [4.69, 9.17) is 4.52 Å². The highest BCUT2D eigenvalue weighted by atomic mass is 19.1. The molecule has 0 fully saturated rings. The monoisotopic (exact) mass is 322 g/mol. The van der Waals surface area contributed by atoms with E-state index < -0.39 is 0 Å². The molecule has 120 valence electrons. The van der Waals surface area contributed by atoms with Gasteiger partial charge in [0.05, 0.1) is 28.8 Å². The van der Waals surface area contributed by atoms with Crippen molar-refractivity contribution in [2.24, 2.45) is 7.05 Å². The molecule has 0 aliphatic carbocycles. The number of aromatic nitrogens is 4. The molecule has 0 unspecified atom stereocenters. The summed E-state index contributed by atoms with van der Waals surface area (Å²) in [5.74, 6) is 0.417. The number of halogens is 1. The number of pyridine rings is 1. The van der Waals surface area contributed by atoms with E-state index in [0.717, 1.165) is 39.4 Å². The SMILES string of the molecule is Cc1noc(C)c1-c1ncn(C)c1-c1ccnc2cc(F)ccc12. The molecule has 6 heteroatoms. The van der Waals surface area contributed by atoms with Gasteiger partial charge < -0.3 is 9.09 Å². The lowest BCUT2D eigenvalue weighted by Crippen LogP contribution is -1.95. The summed E-state index contributed by atoms with van der Waals surface area (Å²) < 4.78 is 20.8. The second-order valence-electron chi connectivity index (χ2n) is 5.77. The molecule has 0 aliphatic rings. The normalized spacial score (nSPS) is 11.3. The summed E-state index contributed by atoms with van der Waals surface area (Å²) in [5, 5.41) is 4.90. The number of aryl methyl sites for hydroxylation is 3. The first-order valence-electron chi connectivity index (χ1n) is 7.55. The van der Waals surface area contributed by atoms with Crippen LogP contribution in [0.4, 0.5) is 4.39 Å². The molecule has 3 heterocycles. The molecule has 3 aromatic heterocycles. The zero-order valence-corrected chi connectivity index (χ0v) is 13.5. The van der Waals surface area contributed by atoms with Crippen molar-refractivity contribution in [2.75, 3.05) is 0 Å². The maximum Gasteiger partial charge on any atom is 0.143 e. The van der Waals surface area contributed by atoms with E-state index in [2.05, 4.69) is 15.1 Å². The fourth-order valence-corrected chi connectivity index (χ4v) is 3.08. The second-order valence-corrected chi connectivity index (χ2v) is 5.77. The molecule has 0 N–H and O–H groups in total. The molecule has 0 bridgehead atoms. The van der Waals surface area contributed by atoms with Crippen molar-refractivity contribution in [3.63, 3.8) is 0 Å². The largest absolute Gasteiger partial charge is 0.361 e. The Balaban J connectivity index is 2.04. The van der Waals surface area contributed by atoms with Gasteiger partial charge in [0, 0.05) is 30.3 Å². The fraction of sp³-hybridized carbons (Fsp3) is 0.167. The Morgan fingerprint density at radius 1 is 1.12 bits per heavy atom. The van der Waals surface area contributed by atoms with Gasteiger partial charge in [0.2, 0.25) is 0 Å². The van der Waals surface area contributed by atoms with E-state index in [0.29, 0.717) is 5.52 Å². The van der Waals surface area contributed by atoms with E-state index in [-0.39, 0.29) is 5.82 Å². The van der Waals surface area contributed by atoms with Crippen LogP contribution in [0, 0.1) is 19.7 Å². The van der Waals surface area contributed by atoms with Crippen LogP contribution in [0.5, 0.6) is 0 Å². The van der Waals surface area contributed by atoms with Gasteiger partial charge >= 0.3 is 0 Å². The Kier molecular flexibility index (Phi) is 3.19. The van der Waals surface area contributed by atoms with Crippen molar-refractivity contribution in [1.82, 2.24) is 19.7 Å². The predicted molar refractivity (Wildman–Crippen MR) is 88.9 cm³/mol. The zero-order chi connectivity index (χ0) is 16.8. The lowest BCUT2D eigenvalue weighted by Gasteiger charge is -2.09. The van der Waals surface area contributed by atoms with Gasteiger partial charge in [-0.05, 0) is 32.0 Å². The van der Waals surface area contributed by atoms with E-state index in [1.54, 1.807) is 18.6 Å². The molecule has 4 aromatic rings. The quantitative estimate of drug-likeness (QED) is 0.559. The van der Waals surface area contributed by atoms with Crippen molar-refractivity contribution < 1.29 is 8.91 Å². The van der Waals surface area contributed by atoms with Crippen LogP contribution < -0.4 is 0 Å². The van der Waals surface area contributed by atoms with E-state index in [1.807, 2.05) is 31.5 Å². The van der Waals surface area contributed by atoms with Crippen LogP contribution in [0.2, 0.25) is 0 Å². The molecular weight excluding hydrogens is 307 g/mol. The summed E-state index contributed by atoms with van der Waals surface area (Å²) in [5.41, 5.74) is 4.94. The Hall–Kier alpha value is -3.02. The van der Waals surface area contributed by atoms with E-state index >= 15 is 0 Å². The summed E-state index contributed by atoms with van der Waals surface area (Å²) in [4.78, 5) is 8.82. The molecule has 4 rings (SSSR count). The van der Waals surface area contributed by atoms with Crippen LogP contribution in [-0.4, -0.2) is 19.7 Å². The fourth-order valence-electron chi connectivity index (χ4n) is 3.08. The average Bonchev–Trinajstić information content (AvgIpc) is 3.08. The van der Waals surface area contributed by atoms with Crippen LogP contribution in [0.15, 0.2) is 41.3 Å². The lowest BCUT2D eigenvalue weighted by molar-refractivity contribution is 0.393. The molecule has 1 aromatic carbocycles. The average molecular weight is 322 g/mol. The van der Waals surface area contributed by atoms with Gasteiger partial charge in [-0.1, -0.05) is 5.16 Å². The number of imidazole rings is 1. The molecule has 0 saturated heterocycles. The molecule has 0 amide bonds. The van der Waals surface area contributed by atoms with Crippen molar-refractivity contribution in [2.45, 2.75) is 13.8 Å². The Morgan fingerprint density at radius 2 is 1.96 bits per heavy atom. The predicted octanol–water partition coefficient (Wildman–Crippen LogP) is 4.05. The van der Waals surface area contributed by atoms with Crippen LogP contribution in [0.1, 0.15) is 11.5 Å². The van der Waals surface area contributed by atoms with Gasteiger partial charge in [-0.25, -0.2) is 9.37 Å². The number of hydrogen-bond donors (Lipinski definition) is 0. The first-order valence-corrected chi connectivity index (χ1v) is 7.55. The highest BCUT2D eigenvalue weighted by Crippen LogP contribution is 2.37. The third kappa shape index (κ3) is 2.11. The minimum absolute atomic E-state index is 0.303. The molecule has 0 radical (unpaired) electrons. The number of fused-ring (bicyclic) bond motifs is 1. The van der Waals surface area contributed by atoms with Gasteiger partial charge in [0.1, 0.15) is 17.3 Å². The highest BCUT2D eigenvalue weighted by molar-refractivity contribution is 5.97. The van der Waals surface area contributed by atoms with Crippen LogP contribution in [0.3, 0.4) is 0 Å². The smallest absolute Gasteiger partial charge is 0.143 e. The summed E-state index contributed by atoms with van der Waals surface area (Å²) in [6, 6.07) is 6.54. The standard InChI is InChI=1S/C18H15FN4O/c1-10-16(11(2)24-22-10)17-18(23(3)9-21-17)14-6-7-20-15-8-12(19)4-5-13(14)15/h4-9H,1-3H3. The van der Waals surface area contributed by atoms with Gasteiger partial charge in [-0.3, -0.25) is 4.98 Å². The van der Waals surface area contributed by atoms with Crippen molar-refractivity contribution in [3.05, 3.63) is 54.1 Å². The third-order valence-electron chi connectivity index (χ3n) is 4.17. The zero-order valence-electron chi connectivity index (χ0n) is 13.5. The maximum atomic E-state index is 13.5. The summed E-state index contributed by atoms with van der Waals surface area (Å²) in [6.45, 7) is 3.76. The first kappa shape index (κ1) is 14.6. The molecule has 0 spiro atoms. The van der Waals surface area contributed by atoms with Crippen molar-refractivity contribution in [1.29, 1.82) is 0 Å². The summed E-state index contributed by atoms with van der Waals surface area (Å²) in [7, 11) is 1.93. The lowest BCUT2D eigenvalue weighted by atomic mass is 10.0. The topological polar surface area (TPSA) is 56.7 Å². The molecule has 24 heavy (non-hydrogen) atoms.